The van der Waals surface area contributed by atoms with Gasteiger partial charge < -0.3 is 10.6 Å². The summed E-state index contributed by atoms with van der Waals surface area (Å²) in [7, 11) is 0. The van der Waals surface area contributed by atoms with E-state index >= 15 is 0 Å². The molecule has 0 saturated carbocycles. The largest absolute Gasteiger partial charge is 0.385 e. The van der Waals surface area contributed by atoms with Crippen LogP contribution in [0.25, 0.3) is 0 Å². The minimum absolute atomic E-state index is 0.263. The molecule has 0 spiro atoms. The maximum atomic E-state index is 12.9. The lowest BCUT2D eigenvalue weighted by Crippen LogP contribution is -2.24. The predicted octanol–water partition coefficient (Wildman–Crippen LogP) is 3.81. The van der Waals surface area contributed by atoms with E-state index in [-0.39, 0.29) is 11.7 Å². The third kappa shape index (κ3) is 5.14. The Morgan fingerprint density at radius 2 is 1.73 bits per heavy atom. The van der Waals surface area contributed by atoms with Crippen molar-refractivity contribution in [3.63, 3.8) is 0 Å². The van der Waals surface area contributed by atoms with E-state index in [0.29, 0.717) is 12.2 Å². The number of amides is 1. The van der Waals surface area contributed by atoms with Crippen LogP contribution in [0.3, 0.4) is 0 Å². The first-order valence-corrected chi connectivity index (χ1v) is 8.47. The highest BCUT2D eigenvalue weighted by Crippen LogP contribution is 2.09. The number of carbonyl (C=O) groups is 1. The normalized spacial score (nSPS) is 10.3. The van der Waals surface area contributed by atoms with Crippen LogP contribution in [-0.2, 0) is 13.0 Å². The van der Waals surface area contributed by atoms with Gasteiger partial charge in [-0.3, -0.25) is 9.78 Å². The zero-order valence-electron chi connectivity index (χ0n) is 14.3. The van der Waals surface area contributed by atoms with Gasteiger partial charge in [-0.05, 0) is 41.8 Å². The molecule has 5 heteroatoms. The van der Waals surface area contributed by atoms with Crippen LogP contribution in [0.5, 0.6) is 0 Å². The minimum atomic E-state index is -0.295. The van der Waals surface area contributed by atoms with Gasteiger partial charge in [0.15, 0.2) is 0 Å². The molecule has 4 nitrogen and oxygen atoms in total. The maximum Gasteiger partial charge on any atom is 0.270 e. The standard InChI is InChI=1S/C21H20FN3O/c22-18-8-6-17(7-9-18)15-25-21(26)20-14-19(11-13-24-20)23-12-10-16-4-2-1-3-5-16/h1-9,11,13-14H,10,12,15H2,(H,23,24)(H,25,26). The van der Waals surface area contributed by atoms with Crippen molar-refractivity contribution in [3.8, 4) is 0 Å². The van der Waals surface area contributed by atoms with E-state index in [0.717, 1.165) is 24.2 Å². The van der Waals surface area contributed by atoms with Crippen molar-refractivity contribution < 1.29 is 9.18 Å². The Morgan fingerprint density at radius 3 is 2.50 bits per heavy atom. The number of pyridine rings is 1. The Hall–Kier alpha value is -3.21. The SMILES string of the molecule is O=C(NCc1ccc(F)cc1)c1cc(NCCc2ccccc2)ccn1. The van der Waals surface area contributed by atoms with Crippen molar-refractivity contribution in [3.05, 3.63) is 95.6 Å². The second-order valence-corrected chi connectivity index (χ2v) is 5.90. The van der Waals surface area contributed by atoms with Crippen LogP contribution in [0.4, 0.5) is 10.1 Å². The van der Waals surface area contributed by atoms with Crippen LogP contribution in [-0.4, -0.2) is 17.4 Å². The lowest BCUT2D eigenvalue weighted by Gasteiger charge is -2.09. The van der Waals surface area contributed by atoms with Crippen LogP contribution < -0.4 is 10.6 Å². The molecule has 1 heterocycles. The number of nitrogens with one attached hydrogen (secondary N) is 2. The Bertz CT molecular complexity index is 851. The molecule has 0 unspecified atom stereocenters. The van der Waals surface area contributed by atoms with Crippen molar-refractivity contribution in [1.29, 1.82) is 0 Å². The number of hydrogen-bond donors (Lipinski definition) is 2. The molecule has 2 N–H and O–H groups in total. The molecule has 1 amide bonds. The molecular weight excluding hydrogens is 329 g/mol. The Morgan fingerprint density at radius 1 is 0.962 bits per heavy atom. The fourth-order valence-electron chi connectivity index (χ4n) is 2.54. The Balaban J connectivity index is 1.52. The predicted molar refractivity (Wildman–Crippen MR) is 100 cm³/mol. The smallest absolute Gasteiger partial charge is 0.270 e. The van der Waals surface area contributed by atoms with Crippen molar-refractivity contribution in [1.82, 2.24) is 10.3 Å². The van der Waals surface area contributed by atoms with Crippen LogP contribution in [0.15, 0.2) is 72.9 Å². The summed E-state index contributed by atoms with van der Waals surface area (Å²) in [4.78, 5) is 16.4. The van der Waals surface area contributed by atoms with Crippen LogP contribution in [0, 0.1) is 5.82 Å². The topological polar surface area (TPSA) is 54.0 Å². The van der Waals surface area contributed by atoms with E-state index in [2.05, 4.69) is 27.8 Å². The molecule has 0 saturated heterocycles. The van der Waals surface area contributed by atoms with E-state index < -0.39 is 0 Å². The molecule has 0 bridgehead atoms. The molecule has 0 aliphatic heterocycles. The van der Waals surface area contributed by atoms with Gasteiger partial charge >= 0.3 is 0 Å². The number of rotatable bonds is 7. The molecule has 26 heavy (non-hydrogen) atoms. The molecule has 0 atom stereocenters. The molecule has 0 fully saturated rings. The van der Waals surface area contributed by atoms with E-state index in [1.165, 1.54) is 17.7 Å². The number of nitrogens with zero attached hydrogens (tertiary/aromatic N) is 1. The summed E-state index contributed by atoms with van der Waals surface area (Å²) >= 11 is 0. The van der Waals surface area contributed by atoms with Gasteiger partial charge in [-0.15, -0.1) is 0 Å². The molecule has 3 aromatic rings. The summed E-state index contributed by atoms with van der Waals surface area (Å²) in [5.74, 6) is -0.558. The van der Waals surface area contributed by atoms with Gasteiger partial charge in [0.1, 0.15) is 11.5 Å². The van der Waals surface area contributed by atoms with Gasteiger partial charge in [-0.25, -0.2) is 4.39 Å². The number of aromatic nitrogens is 1. The molecule has 0 aliphatic carbocycles. The lowest BCUT2D eigenvalue weighted by atomic mass is 10.1. The molecular formula is C21H20FN3O. The minimum Gasteiger partial charge on any atom is -0.385 e. The third-order valence-corrected chi connectivity index (χ3v) is 3.94. The fraction of sp³-hybridized carbons (Fsp3) is 0.143. The summed E-state index contributed by atoms with van der Waals surface area (Å²) in [6.07, 6.45) is 2.51. The average molecular weight is 349 g/mol. The summed E-state index contributed by atoms with van der Waals surface area (Å²) in [5.41, 5.74) is 3.28. The quantitative estimate of drug-likeness (QED) is 0.682. The second-order valence-electron chi connectivity index (χ2n) is 5.90. The monoisotopic (exact) mass is 349 g/mol. The highest BCUT2D eigenvalue weighted by molar-refractivity contribution is 5.93. The summed E-state index contributed by atoms with van der Waals surface area (Å²) < 4.78 is 12.9. The van der Waals surface area contributed by atoms with Gasteiger partial charge in [0.25, 0.3) is 5.91 Å². The van der Waals surface area contributed by atoms with Crippen LogP contribution in [0.2, 0.25) is 0 Å². The van der Waals surface area contributed by atoms with Crippen LogP contribution in [0.1, 0.15) is 21.6 Å². The van der Waals surface area contributed by atoms with Crippen molar-refractivity contribution >= 4 is 11.6 Å². The summed E-state index contributed by atoms with van der Waals surface area (Å²) in [6, 6.07) is 19.8. The first kappa shape index (κ1) is 17.6. The van der Waals surface area contributed by atoms with Gasteiger partial charge in [-0.1, -0.05) is 42.5 Å². The number of carbonyl (C=O) groups excluding carboxylic acids is 1. The average Bonchev–Trinajstić information content (AvgIpc) is 2.68. The van der Waals surface area contributed by atoms with Crippen molar-refractivity contribution in [2.75, 3.05) is 11.9 Å². The third-order valence-electron chi connectivity index (χ3n) is 3.94. The Kier molecular flexibility index (Phi) is 5.93. The van der Waals surface area contributed by atoms with Crippen LogP contribution >= 0.6 is 0 Å². The van der Waals surface area contributed by atoms with E-state index in [9.17, 15) is 9.18 Å². The second kappa shape index (κ2) is 8.76. The number of anilines is 1. The molecule has 1 aromatic heterocycles. The number of hydrogen-bond acceptors (Lipinski definition) is 3. The van der Waals surface area contributed by atoms with E-state index in [1.54, 1.807) is 24.4 Å². The highest BCUT2D eigenvalue weighted by atomic mass is 19.1. The Labute approximate surface area is 152 Å². The van der Waals surface area contributed by atoms with Gasteiger partial charge in [0, 0.05) is 25.0 Å². The number of benzene rings is 2. The summed E-state index contributed by atoms with van der Waals surface area (Å²) in [6.45, 7) is 1.09. The molecule has 3 rings (SSSR count). The fourth-order valence-corrected chi connectivity index (χ4v) is 2.54. The van der Waals surface area contributed by atoms with Crippen molar-refractivity contribution in [2.24, 2.45) is 0 Å². The van der Waals surface area contributed by atoms with Gasteiger partial charge in [0.2, 0.25) is 0 Å². The lowest BCUT2D eigenvalue weighted by molar-refractivity contribution is 0.0946. The number of halogens is 1. The molecule has 0 aliphatic rings. The zero-order chi connectivity index (χ0) is 18.2. The zero-order valence-corrected chi connectivity index (χ0v) is 14.3. The summed E-state index contributed by atoms with van der Waals surface area (Å²) in [5, 5.41) is 6.10. The first-order chi connectivity index (χ1) is 12.7. The highest BCUT2D eigenvalue weighted by Gasteiger charge is 2.08. The molecule has 0 radical (unpaired) electrons. The first-order valence-electron chi connectivity index (χ1n) is 8.47. The van der Waals surface area contributed by atoms with Gasteiger partial charge in [0.05, 0.1) is 0 Å². The van der Waals surface area contributed by atoms with E-state index in [1.807, 2.05) is 24.3 Å². The molecule has 132 valence electrons. The maximum absolute atomic E-state index is 12.9. The van der Waals surface area contributed by atoms with Gasteiger partial charge in [-0.2, -0.15) is 0 Å². The van der Waals surface area contributed by atoms with E-state index in [4.69, 9.17) is 0 Å². The molecule has 2 aromatic carbocycles. The van der Waals surface area contributed by atoms with Crippen molar-refractivity contribution in [2.45, 2.75) is 13.0 Å².